The third-order valence-electron chi connectivity index (χ3n) is 4.39. The van der Waals surface area contributed by atoms with Crippen LogP contribution in [-0.2, 0) is 9.59 Å². The van der Waals surface area contributed by atoms with E-state index in [1.807, 2.05) is 37.3 Å². The molecule has 0 bridgehead atoms. The number of para-hydroxylation sites is 1. The summed E-state index contributed by atoms with van der Waals surface area (Å²) in [6, 6.07) is 16.5. The van der Waals surface area contributed by atoms with Crippen LogP contribution in [0.25, 0.3) is 0 Å². The first-order chi connectivity index (χ1) is 11.5. The van der Waals surface area contributed by atoms with E-state index in [4.69, 9.17) is 11.6 Å². The standard InChI is InChI=1S/C19H19ClN2O2/c1-13(14-7-3-2-4-8-14)21-17(23)19(11-12-19)18(24)22-16-10-6-5-9-15(16)20/h2-10,13H,11-12H2,1H3,(H,21,23)(H,22,24). The van der Waals surface area contributed by atoms with Crippen molar-refractivity contribution in [2.24, 2.45) is 5.41 Å². The second-order valence-corrected chi connectivity index (χ2v) is 6.53. The summed E-state index contributed by atoms with van der Waals surface area (Å²) in [4.78, 5) is 25.2. The van der Waals surface area contributed by atoms with Gasteiger partial charge < -0.3 is 10.6 Å². The van der Waals surface area contributed by atoms with Gasteiger partial charge in [-0.05, 0) is 37.5 Å². The number of benzene rings is 2. The van der Waals surface area contributed by atoms with Crippen LogP contribution >= 0.6 is 11.6 Å². The normalized spacial score (nSPS) is 16.1. The fraction of sp³-hybridized carbons (Fsp3) is 0.263. The highest BCUT2D eigenvalue weighted by molar-refractivity contribution is 6.34. The fourth-order valence-corrected chi connectivity index (χ4v) is 2.83. The Hall–Kier alpha value is -2.33. The average Bonchev–Trinajstić information content (AvgIpc) is 3.39. The number of anilines is 1. The lowest BCUT2D eigenvalue weighted by atomic mass is 10.0. The lowest BCUT2D eigenvalue weighted by Gasteiger charge is -2.20. The molecule has 1 fully saturated rings. The van der Waals surface area contributed by atoms with Crippen LogP contribution in [0.5, 0.6) is 0 Å². The van der Waals surface area contributed by atoms with Crippen molar-refractivity contribution in [3.63, 3.8) is 0 Å². The molecule has 0 saturated heterocycles. The lowest BCUT2D eigenvalue weighted by Crippen LogP contribution is -2.41. The van der Waals surface area contributed by atoms with Gasteiger partial charge in [-0.1, -0.05) is 54.1 Å². The molecule has 0 heterocycles. The molecule has 2 amide bonds. The van der Waals surface area contributed by atoms with Crippen LogP contribution in [-0.4, -0.2) is 11.8 Å². The number of hydrogen-bond acceptors (Lipinski definition) is 2. The average molecular weight is 343 g/mol. The van der Waals surface area contributed by atoms with Crippen LogP contribution in [0.3, 0.4) is 0 Å². The topological polar surface area (TPSA) is 58.2 Å². The quantitative estimate of drug-likeness (QED) is 0.809. The Bertz CT molecular complexity index is 757. The van der Waals surface area contributed by atoms with Crippen LogP contribution < -0.4 is 10.6 Å². The summed E-state index contributed by atoms with van der Waals surface area (Å²) in [5.74, 6) is -0.531. The van der Waals surface area contributed by atoms with Gasteiger partial charge >= 0.3 is 0 Å². The van der Waals surface area contributed by atoms with Crippen molar-refractivity contribution in [1.29, 1.82) is 0 Å². The van der Waals surface area contributed by atoms with Gasteiger partial charge in [-0.25, -0.2) is 0 Å². The van der Waals surface area contributed by atoms with Gasteiger partial charge in [-0.15, -0.1) is 0 Å². The van der Waals surface area contributed by atoms with E-state index >= 15 is 0 Å². The van der Waals surface area contributed by atoms with E-state index in [0.29, 0.717) is 23.6 Å². The largest absolute Gasteiger partial charge is 0.349 e. The number of amides is 2. The molecule has 2 aromatic rings. The van der Waals surface area contributed by atoms with Gasteiger partial charge in [0.05, 0.1) is 16.8 Å². The first-order valence-electron chi connectivity index (χ1n) is 7.95. The van der Waals surface area contributed by atoms with Crippen LogP contribution in [0.2, 0.25) is 5.02 Å². The van der Waals surface area contributed by atoms with E-state index in [1.54, 1.807) is 24.3 Å². The summed E-state index contributed by atoms with van der Waals surface area (Å²) < 4.78 is 0. The number of nitrogens with one attached hydrogen (secondary N) is 2. The molecular formula is C19H19ClN2O2. The molecule has 1 unspecified atom stereocenters. The molecule has 24 heavy (non-hydrogen) atoms. The third-order valence-corrected chi connectivity index (χ3v) is 4.72. The van der Waals surface area contributed by atoms with Crippen LogP contribution in [0.4, 0.5) is 5.69 Å². The predicted molar refractivity (Wildman–Crippen MR) is 94.7 cm³/mol. The predicted octanol–water partition coefficient (Wildman–Crippen LogP) is 3.94. The number of carbonyl (C=O) groups excluding carboxylic acids is 2. The summed E-state index contributed by atoms with van der Waals surface area (Å²) in [6.07, 6.45) is 1.10. The SMILES string of the molecule is CC(NC(=O)C1(C(=O)Nc2ccccc2Cl)CC1)c1ccccc1. The van der Waals surface area contributed by atoms with Gasteiger partial charge in [-0.3, -0.25) is 9.59 Å². The van der Waals surface area contributed by atoms with Crippen molar-refractivity contribution in [2.75, 3.05) is 5.32 Å². The zero-order valence-corrected chi connectivity index (χ0v) is 14.1. The molecule has 0 radical (unpaired) electrons. The summed E-state index contributed by atoms with van der Waals surface area (Å²) in [5, 5.41) is 6.18. The van der Waals surface area contributed by atoms with Crippen molar-refractivity contribution in [1.82, 2.24) is 5.32 Å². The molecule has 0 aliphatic heterocycles. The van der Waals surface area contributed by atoms with E-state index in [0.717, 1.165) is 5.56 Å². The maximum absolute atomic E-state index is 12.6. The van der Waals surface area contributed by atoms with Crippen LogP contribution in [0, 0.1) is 5.41 Å². The van der Waals surface area contributed by atoms with Gasteiger partial charge in [0.15, 0.2) is 0 Å². The number of rotatable bonds is 5. The second kappa shape index (κ2) is 6.65. The summed E-state index contributed by atoms with van der Waals surface area (Å²) in [6.45, 7) is 1.91. The molecule has 5 heteroatoms. The highest BCUT2D eigenvalue weighted by Crippen LogP contribution is 2.47. The molecule has 1 aliphatic carbocycles. The van der Waals surface area contributed by atoms with Gasteiger partial charge in [-0.2, -0.15) is 0 Å². The van der Waals surface area contributed by atoms with Crippen molar-refractivity contribution in [3.05, 3.63) is 65.2 Å². The lowest BCUT2D eigenvalue weighted by molar-refractivity contribution is -0.134. The van der Waals surface area contributed by atoms with Crippen LogP contribution in [0.15, 0.2) is 54.6 Å². The Balaban J connectivity index is 1.68. The minimum Gasteiger partial charge on any atom is -0.349 e. The van der Waals surface area contributed by atoms with Crippen molar-refractivity contribution >= 4 is 29.1 Å². The highest BCUT2D eigenvalue weighted by atomic mass is 35.5. The van der Waals surface area contributed by atoms with Crippen LogP contribution in [0.1, 0.15) is 31.4 Å². The highest BCUT2D eigenvalue weighted by Gasteiger charge is 2.56. The molecule has 0 spiro atoms. The number of halogens is 1. The zero-order valence-electron chi connectivity index (χ0n) is 13.4. The third kappa shape index (κ3) is 3.29. The summed E-state index contributed by atoms with van der Waals surface area (Å²) >= 11 is 6.07. The van der Waals surface area contributed by atoms with Crippen molar-refractivity contribution in [2.45, 2.75) is 25.8 Å². The monoisotopic (exact) mass is 342 g/mol. The van der Waals surface area contributed by atoms with E-state index < -0.39 is 5.41 Å². The molecule has 4 nitrogen and oxygen atoms in total. The Labute approximate surface area is 146 Å². The molecule has 1 aliphatic rings. The first-order valence-corrected chi connectivity index (χ1v) is 8.33. The first kappa shape index (κ1) is 16.5. The maximum atomic E-state index is 12.6. The van der Waals surface area contributed by atoms with E-state index in [2.05, 4.69) is 10.6 Å². The zero-order chi connectivity index (χ0) is 17.2. The smallest absolute Gasteiger partial charge is 0.240 e. The van der Waals surface area contributed by atoms with E-state index in [9.17, 15) is 9.59 Å². The molecule has 2 aromatic carbocycles. The van der Waals surface area contributed by atoms with Crippen molar-refractivity contribution in [3.8, 4) is 0 Å². The van der Waals surface area contributed by atoms with Gasteiger partial charge in [0.25, 0.3) is 0 Å². The van der Waals surface area contributed by atoms with E-state index in [-0.39, 0.29) is 17.9 Å². The molecule has 1 atom stereocenters. The number of hydrogen-bond donors (Lipinski definition) is 2. The minimum absolute atomic E-state index is 0.149. The fourth-order valence-electron chi connectivity index (χ4n) is 2.65. The molecular weight excluding hydrogens is 324 g/mol. The molecule has 2 N–H and O–H groups in total. The van der Waals surface area contributed by atoms with Gasteiger partial charge in [0.2, 0.25) is 11.8 Å². The Morgan fingerprint density at radius 3 is 2.25 bits per heavy atom. The summed E-state index contributed by atoms with van der Waals surface area (Å²) in [5.41, 5.74) is 0.551. The molecule has 124 valence electrons. The Morgan fingerprint density at radius 2 is 1.62 bits per heavy atom. The molecule has 3 rings (SSSR count). The maximum Gasteiger partial charge on any atom is 0.240 e. The van der Waals surface area contributed by atoms with Gasteiger partial charge in [0.1, 0.15) is 5.41 Å². The van der Waals surface area contributed by atoms with Gasteiger partial charge in [0, 0.05) is 0 Å². The number of carbonyl (C=O) groups is 2. The Kier molecular flexibility index (Phi) is 4.58. The second-order valence-electron chi connectivity index (χ2n) is 6.12. The van der Waals surface area contributed by atoms with Crippen molar-refractivity contribution < 1.29 is 9.59 Å². The minimum atomic E-state index is -0.984. The summed E-state index contributed by atoms with van der Waals surface area (Å²) in [7, 11) is 0. The Morgan fingerprint density at radius 1 is 1.00 bits per heavy atom. The molecule has 0 aromatic heterocycles. The molecule has 1 saturated carbocycles. The van der Waals surface area contributed by atoms with E-state index in [1.165, 1.54) is 0 Å².